The lowest BCUT2D eigenvalue weighted by Crippen LogP contribution is -2.58. The molecule has 1 rings (SSSR count). The fourth-order valence-corrected chi connectivity index (χ4v) is 1.87. The summed E-state index contributed by atoms with van der Waals surface area (Å²) >= 11 is 0. The summed E-state index contributed by atoms with van der Waals surface area (Å²) in [6.45, 7) is 3.74. The molecule has 0 aromatic carbocycles. The molecule has 88 valence electrons. The molecule has 0 aromatic heterocycles. The van der Waals surface area contributed by atoms with Crippen LogP contribution in [0.25, 0.3) is 0 Å². The fourth-order valence-electron chi connectivity index (χ4n) is 1.87. The van der Waals surface area contributed by atoms with E-state index in [9.17, 15) is 4.79 Å². The van der Waals surface area contributed by atoms with E-state index in [1.807, 2.05) is 0 Å². The van der Waals surface area contributed by atoms with Gasteiger partial charge in [0.15, 0.2) is 0 Å². The van der Waals surface area contributed by atoms with E-state index in [1.165, 1.54) is 7.11 Å². The van der Waals surface area contributed by atoms with Crippen LogP contribution in [0, 0.1) is 0 Å². The van der Waals surface area contributed by atoms with Gasteiger partial charge in [-0.2, -0.15) is 0 Å². The predicted octanol–water partition coefficient (Wildman–Crippen LogP) is -0.182. The van der Waals surface area contributed by atoms with Crippen molar-refractivity contribution >= 4 is 5.97 Å². The highest BCUT2D eigenvalue weighted by atomic mass is 16.5. The van der Waals surface area contributed by atoms with Crippen LogP contribution in [-0.2, 0) is 9.53 Å². The van der Waals surface area contributed by atoms with E-state index in [4.69, 9.17) is 9.84 Å². The zero-order chi connectivity index (χ0) is 11.3. The van der Waals surface area contributed by atoms with Crippen LogP contribution in [0.2, 0.25) is 0 Å². The molecule has 1 atom stereocenters. The third kappa shape index (κ3) is 3.44. The Morgan fingerprint density at radius 3 is 2.67 bits per heavy atom. The molecule has 1 saturated heterocycles. The minimum absolute atomic E-state index is 0.187. The van der Waals surface area contributed by atoms with Crippen molar-refractivity contribution in [2.45, 2.75) is 31.3 Å². The number of carboxylic acids is 1. The van der Waals surface area contributed by atoms with Crippen molar-refractivity contribution in [2.24, 2.45) is 0 Å². The number of piperidine rings is 1. The number of methoxy groups -OCH3 is 1. The number of carboxylic acid groups (broad SMARTS) is 1. The lowest BCUT2D eigenvalue weighted by Gasteiger charge is -2.33. The van der Waals surface area contributed by atoms with E-state index in [0.717, 1.165) is 25.9 Å². The van der Waals surface area contributed by atoms with E-state index in [0.29, 0.717) is 0 Å². The highest BCUT2D eigenvalue weighted by molar-refractivity contribution is 5.78. The second-order valence-corrected chi connectivity index (χ2v) is 4.24. The van der Waals surface area contributed by atoms with E-state index in [-0.39, 0.29) is 12.6 Å². The Hall–Kier alpha value is -0.650. The molecule has 0 saturated carbocycles. The van der Waals surface area contributed by atoms with Crippen molar-refractivity contribution in [1.82, 2.24) is 10.6 Å². The highest BCUT2D eigenvalue weighted by Crippen LogP contribution is 2.11. The molecule has 0 amide bonds. The molecular weight excluding hydrogens is 196 g/mol. The van der Waals surface area contributed by atoms with Crippen LogP contribution in [0.4, 0.5) is 0 Å². The minimum Gasteiger partial charge on any atom is -0.480 e. The SMILES string of the molecule is COCC(C)(NC1CCNCC1)C(=O)O. The molecular formula is C10H20N2O3. The summed E-state index contributed by atoms with van der Waals surface area (Å²) in [5, 5.41) is 15.5. The third-order valence-electron chi connectivity index (χ3n) is 2.77. The van der Waals surface area contributed by atoms with Gasteiger partial charge in [0.05, 0.1) is 6.61 Å². The van der Waals surface area contributed by atoms with Gasteiger partial charge in [0, 0.05) is 13.2 Å². The first-order valence-corrected chi connectivity index (χ1v) is 5.29. The van der Waals surface area contributed by atoms with Gasteiger partial charge in [0.25, 0.3) is 0 Å². The zero-order valence-corrected chi connectivity index (χ0v) is 9.38. The molecule has 1 aliphatic rings. The number of ether oxygens (including phenoxy) is 1. The molecule has 0 aliphatic carbocycles. The summed E-state index contributed by atoms with van der Waals surface area (Å²) < 4.78 is 4.95. The molecule has 5 heteroatoms. The van der Waals surface area contributed by atoms with Crippen molar-refractivity contribution in [2.75, 3.05) is 26.8 Å². The Morgan fingerprint density at radius 1 is 1.60 bits per heavy atom. The molecule has 1 fully saturated rings. The van der Waals surface area contributed by atoms with Crippen molar-refractivity contribution in [1.29, 1.82) is 0 Å². The van der Waals surface area contributed by atoms with Crippen LogP contribution in [0.1, 0.15) is 19.8 Å². The van der Waals surface area contributed by atoms with Gasteiger partial charge in [-0.3, -0.25) is 10.1 Å². The number of hydrogen-bond acceptors (Lipinski definition) is 4. The first-order chi connectivity index (χ1) is 7.08. The van der Waals surface area contributed by atoms with Gasteiger partial charge in [-0.25, -0.2) is 0 Å². The number of nitrogens with one attached hydrogen (secondary N) is 2. The summed E-state index contributed by atoms with van der Waals surface area (Å²) in [6, 6.07) is 0.266. The smallest absolute Gasteiger partial charge is 0.326 e. The molecule has 5 nitrogen and oxygen atoms in total. The van der Waals surface area contributed by atoms with Crippen molar-refractivity contribution in [3.05, 3.63) is 0 Å². The van der Waals surface area contributed by atoms with Gasteiger partial charge in [0.1, 0.15) is 5.54 Å². The van der Waals surface area contributed by atoms with Crippen LogP contribution < -0.4 is 10.6 Å². The van der Waals surface area contributed by atoms with Crippen LogP contribution in [-0.4, -0.2) is 49.5 Å². The Morgan fingerprint density at radius 2 is 2.20 bits per heavy atom. The molecule has 0 radical (unpaired) electrons. The Kier molecular flexibility index (Phi) is 4.50. The second-order valence-electron chi connectivity index (χ2n) is 4.24. The number of rotatable bonds is 5. The van der Waals surface area contributed by atoms with Crippen molar-refractivity contribution in [3.8, 4) is 0 Å². The zero-order valence-electron chi connectivity index (χ0n) is 9.38. The van der Waals surface area contributed by atoms with Gasteiger partial charge >= 0.3 is 5.97 Å². The van der Waals surface area contributed by atoms with E-state index < -0.39 is 11.5 Å². The maximum atomic E-state index is 11.1. The van der Waals surface area contributed by atoms with E-state index in [1.54, 1.807) is 6.92 Å². The standard InChI is InChI=1S/C10H20N2O3/c1-10(7-15-2,9(13)14)12-8-3-5-11-6-4-8/h8,11-12H,3-7H2,1-2H3,(H,13,14). The molecule has 0 spiro atoms. The predicted molar refractivity (Wildman–Crippen MR) is 56.9 cm³/mol. The molecule has 1 aliphatic heterocycles. The Labute approximate surface area is 90.2 Å². The lowest BCUT2D eigenvalue weighted by atomic mass is 9.98. The number of hydrogen-bond donors (Lipinski definition) is 3. The molecule has 0 aromatic rings. The lowest BCUT2D eigenvalue weighted by molar-refractivity contribution is -0.147. The molecule has 0 bridgehead atoms. The highest BCUT2D eigenvalue weighted by Gasteiger charge is 2.35. The Balaban J connectivity index is 2.52. The van der Waals surface area contributed by atoms with Gasteiger partial charge in [-0.05, 0) is 32.9 Å². The largest absolute Gasteiger partial charge is 0.480 e. The quantitative estimate of drug-likeness (QED) is 0.594. The maximum Gasteiger partial charge on any atom is 0.326 e. The summed E-state index contributed by atoms with van der Waals surface area (Å²) in [5.41, 5.74) is -0.975. The van der Waals surface area contributed by atoms with Crippen LogP contribution >= 0.6 is 0 Å². The monoisotopic (exact) mass is 216 g/mol. The van der Waals surface area contributed by atoms with Crippen LogP contribution in [0.3, 0.4) is 0 Å². The van der Waals surface area contributed by atoms with Gasteiger partial charge in [-0.1, -0.05) is 0 Å². The fraction of sp³-hybridized carbons (Fsp3) is 0.900. The molecule has 15 heavy (non-hydrogen) atoms. The minimum atomic E-state index is -0.975. The maximum absolute atomic E-state index is 11.1. The Bertz CT molecular complexity index is 217. The van der Waals surface area contributed by atoms with Crippen LogP contribution in [0.5, 0.6) is 0 Å². The van der Waals surface area contributed by atoms with Gasteiger partial charge < -0.3 is 15.2 Å². The van der Waals surface area contributed by atoms with E-state index in [2.05, 4.69) is 10.6 Å². The normalized spacial score (nSPS) is 22.3. The van der Waals surface area contributed by atoms with Gasteiger partial charge in [0.2, 0.25) is 0 Å². The number of aliphatic carboxylic acids is 1. The topological polar surface area (TPSA) is 70.6 Å². The first-order valence-electron chi connectivity index (χ1n) is 5.29. The molecule has 1 unspecified atom stereocenters. The first kappa shape index (κ1) is 12.4. The summed E-state index contributed by atoms with van der Waals surface area (Å²) in [6.07, 6.45) is 1.93. The van der Waals surface area contributed by atoms with Crippen LogP contribution in [0.15, 0.2) is 0 Å². The van der Waals surface area contributed by atoms with Crippen molar-refractivity contribution < 1.29 is 14.6 Å². The second kappa shape index (κ2) is 5.44. The molecule has 1 heterocycles. The average molecular weight is 216 g/mol. The van der Waals surface area contributed by atoms with E-state index >= 15 is 0 Å². The number of carbonyl (C=O) groups is 1. The third-order valence-corrected chi connectivity index (χ3v) is 2.77. The summed E-state index contributed by atoms with van der Waals surface area (Å²) in [7, 11) is 1.52. The summed E-state index contributed by atoms with van der Waals surface area (Å²) in [5.74, 6) is -0.858. The molecule has 3 N–H and O–H groups in total. The summed E-state index contributed by atoms with van der Waals surface area (Å²) in [4.78, 5) is 11.1. The van der Waals surface area contributed by atoms with Gasteiger partial charge in [-0.15, -0.1) is 0 Å². The van der Waals surface area contributed by atoms with Crippen molar-refractivity contribution in [3.63, 3.8) is 0 Å². The average Bonchev–Trinajstić information content (AvgIpc) is 2.19.